The van der Waals surface area contributed by atoms with Crippen LogP contribution in [0.3, 0.4) is 0 Å². The van der Waals surface area contributed by atoms with Crippen LogP contribution in [0.5, 0.6) is 0 Å². The minimum atomic E-state index is 0. The van der Waals surface area contributed by atoms with Crippen LogP contribution in [0.4, 0.5) is 0 Å². The van der Waals surface area contributed by atoms with E-state index in [2.05, 4.69) is 27.8 Å². The molecule has 0 fully saturated rings. The van der Waals surface area contributed by atoms with Crippen molar-refractivity contribution in [3.63, 3.8) is 0 Å². The summed E-state index contributed by atoms with van der Waals surface area (Å²) in [6.45, 7) is 11.2. The molecular weight excluding hydrogens is 369 g/mol. The van der Waals surface area contributed by atoms with Gasteiger partial charge < -0.3 is 28.5 Å². The van der Waals surface area contributed by atoms with Crippen LogP contribution in [-0.4, -0.2) is 31.2 Å². The number of halogens is 1. The standard InChI is InChI=1S/C19H42N.HI/c1-5-8-11-13-14-16-19-20(4,17-10-7-3)18-15-12-9-6-2;/h5-19H2,1-4H3;1H/q+1;/p-1. The predicted octanol–water partition coefficient (Wildman–Crippen LogP) is 3.18. The molecule has 0 heterocycles. The van der Waals surface area contributed by atoms with E-state index in [1.165, 1.54) is 101 Å². The Bertz CT molecular complexity index is 196. The van der Waals surface area contributed by atoms with Crippen LogP contribution in [0.25, 0.3) is 0 Å². The first-order chi connectivity index (χ1) is 9.68. The van der Waals surface area contributed by atoms with Gasteiger partial charge >= 0.3 is 0 Å². The van der Waals surface area contributed by atoms with E-state index in [1.807, 2.05) is 0 Å². The summed E-state index contributed by atoms with van der Waals surface area (Å²) < 4.78 is 1.34. The maximum atomic E-state index is 2.51. The van der Waals surface area contributed by atoms with Crippen molar-refractivity contribution < 1.29 is 28.5 Å². The summed E-state index contributed by atoms with van der Waals surface area (Å²) in [5.74, 6) is 0. The molecule has 0 rings (SSSR count). The van der Waals surface area contributed by atoms with Crippen LogP contribution in [-0.2, 0) is 0 Å². The lowest BCUT2D eigenvalue weighted by Crippen LogP contribution is -3.00. The maximum absolute atomic E-state index is 2.51. The van der Waals surface area contributed by atoms with Gasteiger partial charge in [0, 0.05) is 0 Å². The molecule has 0 bridgehead atoms. The molecule has 1 unspecified atom stereocenters. The molecule has 0 saturated heterocycles. The average Bonchev–Trinajstić information content (AvgIpc) is 2.45. The van der Waals surface area contributed by atoms with Crippen LogP contribution in [0, 0.1) is 0 Å². The molecule has 0 aliphatic heterocycles. The summed E-state index contributed by atoms with van der Waals surface area (Å²) in [7, 11) is 2.51. The first-order valence-corrected chi connectivity index (χ1v) is 9.52. The second-order valence-corrected chi connectivity index (χ2v) is 6.97. The molecule has 0 aromatic rings. The van der Waals surface area contributed by atoms with Gasteiger partial charge in [0.15, 0.2) is 0 Å². The zero-order chi connectivity index (χ0) is 15.1. The Kier molecular flexibility index (Phi) is 19.4. The van der Waals surface area contributed by atoms with E-state index in [9.17, 15) is 0 Å². The van der Waals surface area contributed by atoms with Crippen molar-refractivity contribution in [2.45, 2.75) is 97.8 Å². The van der Waals surface area contributed by atoms with Gasteiger partial charge in [-0.15, -0.1) is 0 Å². The van der Waals surface area contributed by atoms with E-state index < -0.39 is 0 Å². The second kappa shape index (κ2) is 17.1. The summed E-state index contributed by atoms with van der Waals surface area (Å²) in [4.78, 5) is 0. The van der Waals surface area contributed by atoms with Crippen molar-refractivity contribution in [1.29, 1.82) is 0 Å². The summed E-state index contributed by atoms with van der Waals surface area (Å²) in [5.41, 5.74) is 0. The highest BCUT2D eigenvalue weighted by molar-refractivity contribution is 4.48. The zero-order valence-electron chi connectivity index (χ0n) is 15.4. The van der Waals surface area contributed by atoms with Gasteiger partial charge in [0.05, 0.1) is 26.7 Å². The van der Waals surface area contributed by atoms with Gasteiger partial charge in [-0.3, -0.25) is 0 Å². The number of hydrogen-bond donors (Lipinski definition) is 0. The molecule has 0 amide bonds. The lowest BCUT2D eigenvalue weighted by Gasteiger charge is -2.35. The zero-order valence-corrected chi connectivity index (χ0v) is 17.6. The molecule has 2 heteroatoms. The fraction of sp³-hybridized carbons (Fsp3) is 1.00. The molecule has 0 aliphatic carbocycles. The summed E-state index contributed by atoms with van der Waals surface area (Å²) >= 11 is 0. The smallest absolute Gasteiger partial charge is 0.0784 e. The third-order valence-corrected chi connectivity index (χ3v) is 4.65. The molecule has 0 spiro atoms. The SMILES string of the molecule is CCCCCCCC[N+](C)(CCCC)CCCCCC.[I-]. The summed E-state index contributed by atoms with van der Waals surface area (Å²) in [6.07, 6.45) is 17.0. The first-order valence-electron chi connectivity index (χ1n) is 9.52. The number of hydrogen-bond acceptors (Lipinski definition) is 0. The van der Waals surface area contributed by atoms with E-state index in [0.717, 1.165) is 0 Å². The van der Waals surface area contributed by atoms with Crippen LogP contribution in [0.1, 0.15) is 97.8 Å². The highest BCUT2D eigenvalue weighted by atomic mass is 127. The molecule has 0 saturated carbocycles. The third-order valence-electron chi connectivity index (χ3n) is 4.65. The highest BCUT2D eigenvalue weighted by Crippen LogP contribution is 2.14. The lowest BCUT2D eigenvalue weighted by molar-refractivity contribution is -0.910. The van der Waals surface area contributed by atoms with E-state index in [1.54, 1.807) is 0 Å². The largest absolute Gasteiger partial charge is 1.00 e. The Morgan fingerprint density at radius 3 is 1.29 bits per heavy atom. The average molecular weight is 411 g/mol. The van der Waals surface area contributed by atoms with Gasteiger partial charge in [-0.25, -0.2) is 0 Å². The molecule has 0 radical (unpaired) electrons. The Morgan fingerprint density at radius 1 is 0.476 bits per heavy atom. The van der Waals surface area contributed by atoms with Gasteiger partial charge in [-0.2, -0.15) is 0 Å². The van der Waals surface area contributed by atoms with Gasteiger partial charge in [-0.1, -0.05) is 65.7 Å². The van der Waals surface area contributed by atoms with Crippen molar-refractivity contribution in [2.24, 2.45) is 0 Å². The number of rotatable bonds is 15. The summed E-state index contributed by atoms with van der Waals surface area (Å²) in [6, 6.07) is 0. The second-order valence-electron chi connectivity index (χ2n) is 6.97. The van der Waals surface area contributed by atoms with Crippen molar-refractivity contribution in [1.82, 2.24) is 0 Å². The van der Waals surface area contributed by atoms with Gasteiger partial charge in [0.1, 0.15) is 0 Å². The fourth-order valence-corrected chi connectivity index (χ4v) is 3.07. The van der Waals surface area contributed by atoms with E-state index in [-0.39, 0.29) is 24.0 Å². The molecule has 0 aromatic carbocycles. The Balaban J connectivity index is 0. The molecule has 1 atom stereocenters. The van der Waals surface area contributed by atoms with Crippen LogP contribution in [0.2, 0.25) is 0 Å². The summed E-state index contributed by atoms with van der Waals surface area (Å²) in [5, 5.41) is 0. The van der Waals surface area contributed by atoms with Crippen LogP contribution in [0.15, 0.2) is 0 Å². The topological polar surface area (TPSA) is 0 Å². The molecule has 1 nitrogen and oxygen atoms in total. The number of nitrogens with zero attached hydrogens (tertiary/aromatic N) is 1. The minimum Gasteiger partial charge on any atom is -1.00 e. The lowest BCUT2D eigenvalue weighted by atomic mass is 10.1. The molecular formula is C19H42IN. The number of quaternary nitrogens is 1. The van der Waals surface area contributed by atoms with Crippen molar-refractivity contribution in [3.05, 3.63) is 0 Å². The van der Waals surface area contributed by atoms with Crippen molar-refractivity contribution in [3.8, 4) is 0 Å². The van der Waals surface area contributed by atoms with E-state index in [0.29, 0.717) is 0 Å². The minimum absolute atomic E-state index is 0. The molecule has 0 aromatic heterocycles. The fourth-order valence-electron chi connectivity index (χ4n) is 3.07. The third kappa shape index (κ3) is 15.4. The quantitative estimate of drug-likeness (QED) is 0.221. The molecule has 130 valence electrons. The van der Waals surface area contributed by atoms with Crippen LogP contribution < -0.4 is 24.0 Å². The van der Waals surface area contributed by atoms with Crippen molar-refractivity contribution >= 4 is 0 Å². The van der Waals surface area contributed by atoms with Gasteiger partial charge in [0.2, 0.25) is 0 Å². The normalized spacial score (nSPS) is 13.7. The first kappa shape index (κ1) is 23.9. The van der Waals surface area contributed by atoms with Crippen molar-refractivity contribution in [2.75, 3.05) is 26.7 Å². The Hall–Kier alpha value is 0.690. The molecule has 0 aliphatic rings. The van der Waals surface area contributed by atoms with E-state index >= 15 is 0 Å². The Morgan fingerprint density at radius 2 is 0.810 bits per heavy atom. The maximum Gasteiger partial charge on any atom is 0.0784 e. The predicted molar refractivity (Wildman–Crippen MR) is 93.2 cm³/mol. The Labute approximate surface area is 152 Å². The molecule has 0 N–H and O–H groups in total. The molecule has 21 heavy (non-hydrogen) atoms. The van der Waals surface area contributed by atoms with Gasteiger partial charge in [-0.05, 0) is 32.1 Å². The van der Waals surface area contributed by atoms with Crippen LogP contribution >= 0.6 is 0 Å². The van der Waals surface area contributed by atoms with Gasteiger partial charge in [0.25, 0.3) is 0 Å². The number of unbranched alkanes of at least 4 members (excludes halogenated alkanes) is 9. The monoisotopic (exact) mass is 411 g/mol. The van der Waals surface area contributed by atoms with E-state index in [4.69, 9.17) is 0 Å². The highest BCUT2D eigenvalue weighted by Gasteiger charge is 2.19.